The SMILES string of the molecule is C=C(CCCCC(C)CCCCCC)C(=O)O. The van der Waals surface area contributed by atoms with E-state index in [-0.39, 0.29) is 0 Å². The molecule has 0 aromatic rings. The summed E-state index contributed by atoms with van der Waals surface area (Å²) in [5.41, 5.74) is 0.348. The van der Waals surface area contributed by atoms with Crippen molar-refractivity contribution < 1.29 is 9.90 Å². The third-order valence-electron chi connectivity index (χ3n) is 3.28. The summed E-state index contributed by atoms with van der Waals surface area (Å²) in [5, 5.41) is 8.66. The Kier molecular flexibility index (Phi) is 9.89. The standard InChI is InChI=1S/C15H28O2/c1-4-5-6-7-10-13(2)11-8-9-12-14(3)15(16)17/h13H,3-12H2,1-2H3,(H,16,17). The molecule has 0 spiro atoms. The third kappa shape index (κ3) is 10.1. The highest BCUT2D eigenvalue weighted by Gasteiger charge is 2.05. The van der Waals surface area contributed by atoms with Gasteiger partial charge in [-0.2, -0.15) is 0 Å². The van der Waals surface area contributed by atoms with Crippen LogP contribution in [0.25, 0.3) is 0 Å². The molecule has 1 N–H and O–H groups in total. The Bertz CT molecular complexity index is 221. The predicted octanol–water partition coefficient (Wildman–Crippen LogP) is 4.79. The molecule has 0 aliphatic carbocycles. The van der Waals surface area contributed by atoms with Crippen LogP contribution in [0, 0.1) is 5.92 Å². The van der Waals surface area contributed by atoms with Crippen LogP contribution in [0.3, 0.4) is 0 Å². The maximum Gasteiger partial charge on any atom is 0.330 e. The zero-order valence-electron chi connectivity index (χ0n) is 11.5. The Hall–Kier alpha value is -0.790. The average molecular weight is 240 g/mol. The van der Waals surface area contributed by atoms with Crippen molar-refractivity contribution in [2.45, 2.75) is 71.6 Å². The van der Waals surface area contributed by atoms with Gasteiger partial charge >= 0.3 is 5.97 Å². The smallest absolute Gasteiger partial charge is 0.330 e. The van der Waals surface area contributed by atoms with Crippen molar-refractivity contribution in [3.8, 4) is 0 Å². The summed E-state index contributed by atoms with van der Waals surface area (Å²) in [6.45, 7) is 8.08. The van der Waals surface area contributed by atoms with Crippen molar-refractivity contribution in [3.63, 3.8) is 0 Å². The Morgan fingerprint density at radius 1 is 1.12 bits per heavy atom. The van der Waals surface area contributed by atoms with E-state index in [1.165, 1.54) is 38.5 Å². The first-order valence-electron chi connectivity index (χ1n) is 6.99. The van der Waals surface area contributed by atoms with Crippen LogP contribution in [-0.2, 0) is 4.79 Å². The quantitative estimate of drug-likeness (QED) is 0.416. The topological polar surface area (TPSA) is 37.3 Å². The number of rotatable bonds is 11. The van der Waals surface area contributed by atoms with E-state index < -0.39 is 5.97 Å². The van der Waals surface area contributed by atoms with Gasteiger partial charge in [0.1, 0.15) is 0 Å². The zero-order valence-corrected chi connectivity index (χ0v) is 11.5. The van der Waals surface area contributed by atoms with Crippen molar-refractivity contribution in [1.82, 2.24) is 0 Å². The molecule has 0 amide bonds. The zero-order chi connectivity index (χ0) is 13.1. The first kappa shape index (κ1) is 16.2. The lowest BCUT2D eigenvalue weighted by atomic mass is 9.96. The number of carbonyl (C=O) groups is 1. The lowest BCUT2D eigenvalue weighted by Crippen LogP contribution is -1.99. The van der Waals surface area contributed by atoms with Crippen LogP contribution in [-0.4, -0.2) is 11.1 Å². The minimum Gasteiger partial charge on any atom is -0.478 e. The van der Waals surface area contributed by atoms with Gasteiger partial charge in [-0.05, 0) is 18.8 Å². The lowest BCUT2D eigenvalue weighted by Gasteiger charge is -2.10. The number of aliphatic carboxylic acids is 1. The molecule has 2 nitrogen and oxygen atoms in total. The van der Waals surface area contributed by atoms with Gasteiger partial charge in [0.05, 0.1) is 0 Å². The first-order valence-corrected chi connectivity index (χ1v) is 6.99. The predicted molar refractivity (Wildman–Crippen MR) is 73.2 cm³/mol. The first-order chi connectivity index (χ1) is 8.07. The van der Waals surface area contributed by atoms with Crippen LogP contribution < -0.4 is 0 Å². The molecule has 0 radical (unpaired) electrons. The normalized spacial score (nSPS) is 12.4. The van der Waals surface area contributed by atoms with E-state index in [2.05, 4.69) is 20.4 Å². The molecule has 1 unspecified atom stereocenters. The molecule has 0 saturated carbocycles. The summed E-state index contributed by atoms with van der Waals surface area (Å²) in [4.78, 5) is 10.5. The monoisotopic (exact) mass is 240 g/mol. The molecule has 0 aliphatic heterocycles. The van der Waals surface area contributed by atoms with Crippen molar-refractivity contribution >= 4 is 5.97 Å². The molecule has 0 aliphatic rings. The van der Waals surface area contributed by atoms with E-state index in [9.17, 15) is 4.79 Å². The molecule has 17 heavy (non-hydrogen) atoms. The fourth-order valence-corrected chi connectivity index (χ4v) is 2.00. The summed E-state index contributed by atoms with van der Waals surface area (Å²) in [5.74, 6) is -0.0671. The number of hydrogen-bond donors (Lipinski definition) is 1. The lowest BCUT2D eigenvalue weighted by molar-refractivity contribution is -0.132. The van der Waals surface area contributed by atoms with Gasteiger partial charge in [-0.3, -0.25) is 0 Å². The maximum atomic E-state index is 10.5. The number of unbranched alkanes of at least 4 members (excludes halogenated alkanes) is 4. The van der Waals surface area contributed by atoms with Crippen LogP contribution in [0.2, 0.25) is 0 Å². The van der Waals surface area contributed by atoms with E-state index in [0.29, 0.717) is 12.0 Å². The second-order valence-corrected chi connectivity index (χ2v) is 5.11. The Morgan fingerprint density at radius 2 is 1.71 bits per heavy atom. The molecule has 0 fully saturated rings. The molecule has 0 aromatic heterocycles. The van der Waals surface area contributed by atoms with Gasteiger partial charge in [0.2, 0.25) is 0 Å². The third-order valence-corrected chi connectivity index (χ3v) is 3.28. The Morgan fingerprint density at radius 3 is 2.24 bits per heavy atom. The van der Waals surface area contributed by atoms with E-state index in [1.807, 2.05) is 0 Å². The van der Waals surface area contributed by atoms with E-state index in [1.54, 1.807) is 0 Å². The molecular weight excluding hydrogens is 212 g/mol. The maximum absolute atomic E-state index is 10.5. The number of carboxylic acid groups (broad SMARTS) is 1. The van der Waals surface area contributed by atoms with Crippen LogP contribution in [0.4, 0.5) is 0 Å². The molecule has 1 atom stereocenters. The van der Waals surface area contributed by atoms with E-state index in [0.717, 1.165) is 18.8 Å². The molecule has 0 bridgehead atoms. The minimum absolute atomic E-state index is 0.348. The molecule has 100 valence electrons. The molecule has 0 heterocycles. The molecule has 0 rings (SSSR count). The summed E-state index contributed by atoms with van der Waals surface area (Å²) in [6, 6.07) is 0. The molecule has 0 aromatic carbocycles. The minimum atomic E-state index is -0.849. The van der Waals surface area contributed by atoms with Crippen molar-refractivity contribution in [3.05, 3.63) is 12.2 Å². The Balaban J connectivity index is 3.35. The summed E-state index contributed by atoms with van der Waals surface area (Å²) in [7, 11) is 0. The molecular formula is C15H28O2. The van der Waals surface area contributed by atoms with Crippen LogP contribution in [0.15, 0.2) is 12.2 Å². The second kappa shape index (κ2) is 10.4. The fourth-order valence-electron chi connectivity index (χ4n) is 2.00. The van der Waals surface area contributed by atoms with Gasteiger partial charge < -0.3 is 5.11 Å². The van der Waals surface area contributed by atoms with Gasteiger partial charge in [0, 0.05) is 5.57 Å². The van der Waals surface area contributed by atoms with E-state index >= 15 is 0 Å². The van der Waals surface area contributed by atoms with Gasteiger partial charge in [-0.15, -0.1) is 0 Å². The summed E-state index contributed by atoms with van der Waals surface area (Å²) in [6.07, 6.45) is 10.6. The van der Waals surface area contributed by atoms with Gasteiger partial charge in [-0.25, -0.2) is 4.79 Å². The number of hydrogen-bond acceptors (Lipinski definition) is 1. The van der Waals surface area contributed by atoms with Crippen LogP contribution >= 0.6 is 0 Å². The highest BCUT2D eigenvalue weighted by atomic mass is 16.4. The Labute approximate surface area is 106 Å². The van der Waals surface area contributed by atoms with E-state index in [4.69, 9.17) is 5.11 Å². The van der Waals surface area contributed by atoms with Crippen LogP contribution in [0.5, 0.6) is 0 Å². The van der Waals surface area contributed by atoms with Crippen molar-refractivity contribution in [1.29, 1.82) is 0 Å². The van der Waals surface area contributed by atoms with Gasteiger partial charge in [0.15, 0.2) is 0 Å². The second-order valence-electron chi connectivity index (χ2n) is 5.11. The highest BCUT2D eigenvalue weighted by molar-refractivity contribution is 5.85. The number of carboxylic acids is 1. The molecule has 2 heteroatoms. The largest absolute Gasteiger partial charge is 0.478 e. The van der Waals surface area contributed by atoms with Crippen molar-refractivity contribution in [2.24, 2.45) is 5.92 Å². The molecule has 0 saturated heterocycles. The van der Waals surface area contributed by atoms with Gasteiger partial charge in [-0.1, -0.05) is 65.4 Å². The summed E-state index contributed by atoms with van der Waals surface area (Å²) < 4.78 is 0. The van der Waals surface area contributed by atoms with Crippen LogP contribution in [0.1, 0.15) is 71.6 Å². The average Bonchev–Trinajstić information content (AvgIpc) is 2.29. The summed E-state index contributed by atoms with van der Waals surface area (Å²) >= 11 is 0. The van der Waals surface area contributed by atoms with Crippen molar-refractivity contribution in [2.75, 3.05) is 0 Å². The fraction of sp³-hybridized carbons (Fsp3) is 0.800. The van der Waals surface area contributed by atoms with Gasteiger partial charge in [0.25, 0.3) is 0 Å². The highest BCUT2D eigenvalue weighted by Crippen LogP contribution is 2.18.